The first kappa shape index (κ1) is 33.7. The normalized spacial score (nSPS) is 15.8. The Labute approximate surface area is 229 Å². The van der Waals surface area contributed by atoms with Crippen LogP contribution in [0.1, 0.15) is 142 Å². The van der Waals surface area contributed by atoms with Crippen molar-refractivity contribution in [1.29, 1.82) is 0 Å². The number of piperidine rings is 1. The second kappa shape index (κ2) is 23.8. The third-order valence-corrected chi connectivity index (χ3v) is 7.68. The van der Waals surface area contributed by atoms with E-state index in [1.165, 1.54) is 89.9 Å². The lowest BCUT2D eigenvalue weighted by molar-refractivity contribution is -0.135. The highest BCUT2D eigenvalue weighted by atomic mass is 16.5. The van der Waals surface area contributed by atoms with Gasteiger partial charge in [-0.15, -0.1) is 0 Å². The van der Waals surface area contributed by atoms with Crippen molar-refractivity contribution in [3.05, 3.63) is 0 Å². The van der Waals surface area contributed by atoms with E-state index in [1.54, 1.807) is 0 Å². The molecule has 1 aliphatic heterocycles. The van der Waals surface area contributed by atoms with E-state index in [9.17, 15) is 9.59 Å². The van der Waals surface area contributed by atoms with Gasteiger partial charge in [-0.05, 0) is 52.7 Å². The molecule has 0 aromatic rings. The van der Waals surface area contributed by atoms with Crippen LogP contribution in [0.2, 0.25) is 0 Å². The smallest absolute Gasteiger partial charge is 0.407 e. The number of unbranched alkanes of at least 4 members (excludes halogenated alkanes) is 14. The van der Waals surface area contributed by atoms with Gasteiger partial charge in [-0.3, -0.25) is 4.79 Å². The van der Waals surface area contributed by atoms with Crippen LogP contribution in [0.15, 0.2) is 0 Å². The first-order valence-corrected chi connectivity index (χ1v) is 15.9. The third kappa shape index (κ3) is 19.4. The minimum atomic E-state index is -0.342. The van der Waals surface area contributed by atoms with Crippen LogP contribution in [-0.4, -0.2) is 68.2 Å². The average molecular weight is 524 g/mol. The van der Waals surface area contributed by atoms with Crippen LogP contribution in [0.5, 0.6) is 0 Å². The van der Waals surface area contributed by atoms with Crippen LogP contribution < -0.4 is 5.32 Å². The maximum atomic E-state index is 12.9. The number of nitrogens with one attached hydrogen (secondary N) is 1. The Morgan fingerprint density at radius 1 is 0.811 bits per heavy atom. The molecular formula is C31H61N3O3. The number of nitrogens with zero attached hydrogens (tertiary/aromatic N) is 2. The number of amides is 2. The van der Waals surface area contributed by atoms with Gasteiger partial charge in [0.25, 0.3) is 0 Å². The summed E-state index contributed by atoms with van der Waals surface area (Å²) in [5.74, 6) is 0.299. The summed E-state index contributed by atoms with van der Waals surface area (Å²) in [5, 5.41) is 2.81. The molecule has 37 heavy (non-hydrogen) atoms. The number of carbonyl (C=O) groups is 2. The summed E-state index contributed by atoms with van der Waals surface area (Å²) in [4.78, 5) is 28.9. The van der Waals surface area contributed by atoms with Crippen LogP contribution >= 0.6 is 0 Å². The number of rotatable bonds is 23. The van der Waals surface area contributed by atoms with Crippen LogP contribution in [0.3, 0.4) is 0 Å². The van der Waals surface area contributed by atoms with Gasteiger partial charge >= 0.3 is 6.09 Å². The second-order valence-corrected chi connectivity index (χ2v) is 11.4. The Morgan fingerprint density at radius 2 is 1.38 bits per heavy atom. The molecule has 2 amide bonds. The van der Waals surface area contributed by atoms with E-state index in [2.05, 4.69) is 22.0 Å². The van der Waals surface area contributed by atoms with Crippen molar-refractivity contribution < 1.29 is 14.3 Å². The number of likely N-dealkylation sites (tertiary alicyclic amines) is 1. The SMILES string of the molecule is CCCCCCCCCCCCCCCCCC(=O)N1CCCCC1CCOC(=O)NCCCN(C)C. The fraction of sp³-hybridized carbons (Fsp3) is 0.935. The fourth-order valence-corrected chi connectivity index (χ4v) is 5.34. The highest BCUT2D eigenvalue weighted by molar-refractivity contribution is 5.76. The summed E-state index contributed by atoms with van der Waals surface area (Å²) in [6.07, 6.45) is 25.4. The molecule has 1 rings (SSSR count). The molecule has 0 aromatic heterocycles. The minimum Gasteiger partial charge on any atom is -0.449 e. The van der Waals surface area contributed by atoms with Gasteiger partial charge in [0.1, 0.15) is 0 Å². The van der Waals surface area contributed by atoms with Gasteiger partial charge in [-0.25, -0.2) is 4.79 Å². The van der Waals surface area contributed by atoms with Crippen molar-refractivity contribution in [3.63, 3.8) is 0 Å². The molecule has 1 unspecified atom stereocenters. The summed E-state index contributed by atoms with van der Waals surface area (Å²) in [6.45, 7) is 5.09. The molecule has 1 heterocycles. The van der Waals surface area contributed by atoms with Crippen LogP contribution in [0, 0.1) is 0 Å². The van der Waals surface area contributed by atoms with E-state index in [4.69, 9.17) is 4.74 Å². The molecule has 218 valence electrons. The number of ether oxygens (including phenoxy) is 1. The van der Waals surface area contributed by atoms with E-state index in [1.807, 2.05) is 14.1 Å². The molecule has 1 aliphatic rings. The predicted octanol–water partition coefficient (Wildman–Crippen LogP) is 7.70. The number of hydrogen-bond donors (Lipinski definition) is 1. The lowest BCUT2D eigenvalue weighted by Crippen LogP contribution is -2.44. The monoisotopic (exact) mass is 523 g/mol. The molecule has 6 heteroatoms. The highest BCUT2D eigenvalue weighted by Gasteiger charge is 2.26. The van der Waals surface area contributed by atoms with Crippen molar-refractivity contribution >= 4 is 12.0 Å². The first-order chi connectivity index (χ1) is 18.0. The largest absolute Gasteiger partial charge is 0.449 e. The Kier molecular flexibility index (Phi) is 21.7. The Hall–Kier alpha value is -1.30. The molecular weight excluding hydrogens is 462 g/mol. The van der Waals surface area contributed by atoms with Crippen molar-refractivity contribution in [1.82, 2.24) is 15.1 Å². The number of hydrogen-bond acceptors (Lipinski definition) is 4. The molecule has 0 bridgehead atoms. The first-order valence-electron chi connectivity index (χ1n) is 15.9. The molecule has 0 radical (unpaired) electrons. The van der Waals surface area contributed by atoms with Crippen molar-refractivity contribution in [2.45, 2.75) is 148 Å². The van der Waals surface area contributed by atoms with Gasteiger partial charge in [-0.1, -0.05) is 96.8 Å². The molecule has 0 spiro atoms. The van der Waals surface area contributed by atoms with Crippen LogP contribution in [0.25, 0.3) is 0 Å². The minimum absolute atomic E-state index is 0.221. The molecule has 1 N–H and O–H groups in total. The Bertz CT molecular complexity index is 556. The Morgan fingerprint density at radius 3 is 1.95 bits per heavy atom. The van der Waals surface area contributed by atoms with Gasteiger partial charge in [0, 0.05) is 32.0 Å². The van der Waals surface area contributed by atoms with Crippen molar-refractivity contribution in [2.75, 3.05) is 40.3 Å². The van der Waals surface area contributed by atoms with Gasteiger partial charge in [0.15, 0.2) is 0 Å². The summed E-state index contributed by atoms with van der Waals surface area (Å²) in [7, 11) is 4.05. The van der Waals surface area contributed by atoms with E-state index in [-0.39, 0.29) is 12.1 Å². The molecule has 0 saturated carbocycles. The lowest BCUT2D eigenvalue weighted by atomic mass is 9.98. The van der Waals surface area contributed by atoms with Gasteiger partial charge in [0.05, 0.1) is 6.61 Å². The summed E-state index contributed by atoms with van der Waals surface area (Å²) >= 11 is 0. The van der Waals surface area contributed by atoms with E-state index in [0.717, 1.165) is 51.6 Å². The van der Waals surface area contributed by atoms with E-state index in [0.29, 0.717) is 25.5 Å². The predicted molar refractivity (Wildman–Crippen MR) is 156 cm³/mol. The molecule has 1 fully saturated rings. The number of carbonyl (C=O) groups excluding carboxylic acids is 2. The van der Waals surface area contributed by atoms with Crippen LogP contribution in [-0.2, 0) is 9.53 Å². The van der Waals surface area contributed by atoms with Gasteiger partial charge < -0.3 is 19.9 Å². The lowest BCUT2D eigenvalue weighted by Gasteiger charge is -2.36. The third-order valence-electron chi connectivity index (χ3n) is 7.68. The van der Waals surface area contributed by atoms with Crippen molar-refractivity contribution in [3.8, 4) is 0 Å². The summed E-state index contributed by atoms with van der Waals surface area (Å²) in [5.41, 5.74) is 0. The molecule has 1 saturated heterocycles. The van der Waals surface area contributed by atoms with E-state index >= 15 is 0 Å². The van der Waals surface area contributed by atoms with E-state index < -0.39 is 0 Å². The second-order valence-electron chi connectivity index (χ2n) is 11.4. The van der Waals surface area contributed by atoms with Gasteiger partial charge in [-0.2, -0.15) is 0 Å². The topological polar surface area (TPSA) is 61.9 Å². The molecule has 6 nitrogen and oxygen atoms in total. The van der Waals surface area contributed by atoms with Crippen LogP contribution in [0.4, 0.5) is 4.79 Å². The quantitative estimate of drug-likeness (QED) is 0.139. The standard InChI is InChI=1S/C31H61N3O3/c1-4-5-6-7-8-9-10-11-12-13-14-15-16-17-18-23-30(35)34-27-20-19-22-29(34)24-28-37-31(36)32-25-21-26-33(2)3/h29H,4-28H2,1-3H3,(H,32,36). The molecule has 1 atom stereocenters. The maximum Gasteiger partial charge on any atom is 0.407 e. The maximum absolute atomic E-state index is 12.9. The Balaban J connectivity index is 2.02. The zero-order valence-corrected chi connectivity index (χ0v) is 24.9. The van der Waals surface area contributed by atoms with Crippen molar-refractivity contribution in [2.24, 2.45) is 0 Å². The zero-order valence-electron chi connectivity index (χ0n) is 24.9. The summed E-state index contributed by atoms with van der Waals surface area (Å²) < 4.78 is 5.37. The zero-order chi connectivity index (χ0) is 27.0. The fourth-order valence-electron chi connectivity index (χ4n) is 5.34. The number of alkyl carbamates (subject to hydrolysis) is 1. The molecule has 0 aliphatic carbocycles. The summed E-state index contributed by atoms with van der Waals surface area (Å²) in [6, 6.07) is 0.221. The van der Waals surface area contributed by atoms with Gasteiger partial charge in [0.2, 0.25) is 5.91 Å². The molecule has 0 aromatic carbocycles. The average Bonchev–Trinajstić information content (AvgIpc) is 2.89. The highest BCUT2D eigenvalue weighted by Crippen LogP contribution is 2.22.